The van der Waals surface area contributed by atoms with E-state index in [0.29, 0.717) is 5.88 Å². The molecule has 0 aromatic rings. The highest BCUT2D eigenvalue weighted by molar-refractivity contribution is 6.18. The van der Waals surface area contributed by atoms with Gasteiger partial charge in [0, 0.05) is 18.4 Å². The summed E-state index contributed by atoms with van der Waals surface area (Å²) in [4.78, 5) is 0. The second kappa shape index (κ2) is 7.64. The van der Waals surface area contributed by atoms with E-state index in [-0.39, 0.29) is 6.10 Å². The topological polar surface area (TPSA) is 9.23 Å². The highest BCUT2D eigenvalue weighted by Crippen LogP contribution is 1.97. The first-order chi connectivity index (χ1) is 4.81. The van der Waals surface area contributed by atoms with E-state index in [0.717, 1.165) is 25.3 Å². The van der Waals surface area contributed by atoms with Crippen LogP contribution >= 0.6 is 23.2 Å². The fourth-order valence-corrected chi connectivity index (χ4v) is 0.804. The average Bonchev–Trinajstić information content (AvgIpc) is 1.98. The molecule has 0 rings (SSSR count). The van der Waals surface area contributed by atoms with E-state index in [1.54, 1.807) is 0 Å². The lowest BCUT2D eigenvalue weighted by atomic mass is 10.3. The van der Waals surface area contributed by atoms with Crippen LogP contribution in [-0.2, 0) is 4.74 Å². The van der Waals surface area contributed by atoms with Crippen LogP contribution in [0.25, 0.3) is 0 Å². The van der Waals surface area contributed by atoms with E-state index < -0.39 is 0 Å². The predicted molar refractivity (Wildman–Crippen MR) is 46.1 cm³/mol. The molecule has 3 heteroatoms. The van der Waals surface area contributed by atoms with Crippen molar-refractivity contribution in [1.29, 1.82) is 0 Å². The molecule has 0 aromatic heterocycles. The Labute approximate surface area is 72.6 Å². The molecule has 1 nitrogen and oxygen atoms in total. The molecule has 62 valence electrons. The zero-order valence-electron chi connectivity index (χ0n) is 6.28. The van der Waals surface area contributed by atoms with Gasteiger partial charge in [-0.15, -0.1) is 23.2 Å². The summed E-state index contributed by atoms with van der Waals surface area (Å²) in [5.41, 5.74) is 0. The number of unbranched alkanes of at least 4 members (excludes halogenated alkanes) is 1. The Morgan fingerprint density at radius 2 is 2.00 bits per heavy atom. The maximum Gasteiger partial charge on any atom is 0.0682 e. The van der Waals surface area contributed by atoms with Crippen LogP contribution < -0.4 is 0 Å². The van der Waals surface area contributed by atoms with Crippen molar-refractivity contribution < 1.29 is 4.74 Å². The van der Waals surface area contributed by atoms with Gasteiger partial charge in [-0.1, -0.05) is 0 Å². The average molecular weight is 185 g/mol. The molecule has 0 spiro atoms. The van der Waals surface area contributed by atoms with Gasteiger partial charge in [0.25, 0.3) is 0 Å². The molecular formula is C7H14Cl2O. The number of halogens is 2. The molecule has 1 atom stereocenters. The minimum absolute atomic E-state index is 0.178. The molecule has 0 saturated heterocycles. The first-order valence-corrected chi connectivity index (χ1v) is 4.61. The lowest BCUT2D eigenvalue weighted by Gasteiger charge is -2.07. The van der Waals surface area contributed by atoms with Gasteiger partial charge in [0.15, 0.2) is 0 Å². The van der Waals surface area contributed by atoms with Crippen molar-refractivity contribution in [3.8, 4) is 0 Å². The lowest BCUT2D eigenvalue weighted by Crippen LogP contribution is -2.10. The molecule has 0 radical (unpaired) electrons. The van der Waals surface area contributed by atoms with Gasteiger partial charge >= 0.3 is 0 Å². The summed E-state index contributed by atoms with van der Waals surface area (Å²) in [6.07, 6.45) is 2.23. The van der Waals surface area contributed by atoms with Crippen LogP contribution in [0.4, 0.5) is 0 Å². The van der Waals surface area contributed by atoms with Crippen LogP contribution in [0.2, 0.25) is 0 Å². The Kier molecular flexibility index (Phi) is 8.06. The van der Waals surface area contributed by atoms with Crippen molar-refractivity contribution in [1.82, 2.24) is 0 Å². The molecule has 0 saturated carbocycles. The van der Waals surface area contributed by atoms with Gasteiger partial charge in [0.2, 0.25) is 0 Å². The number of hydrogen-bond acceptors (Lipinski definition) is 1. The largest absolute Gasteiger partial charge is 0.377 e. The summed E-state index contributed by atoms with van der Waals surface area (Å²) in [6, 6.07) is 0. The molecule has 10 heavy (non-hydrogen) atoms. The molecule has 0 amide bonds. The summed E-state index contributed by atoms with van der Waals surface area (Å²) in [5.74, 6) is 1.29. The Morgan fingerprint density at radius 1 is 1.30 bits per heavy atom. The maximum atomic E-state index is 5.51. The van der Waals surface area contributed by atoms with Crippen LogP contribution in [0, 0.1) is 0 Å². The number of hydrogen-bond donors (Lipinski definition) is 0. The standard InChI is InChI=1S/C7H14Cl2O/c1-7(6-9)10-5-3-2-4-8/h7H,2-6H2,1H3. The number of alkyl halides is 2. The van der Waals surface area contributed by atoms with Crippen molar-refractivity contribution in [3.05, 3.63) is 0 Å². The summed E-state index contributed by atoms with van der Waals surface area (Å²) in [7, 11) is 0. The van der Waals surface area contributed by atoms with Gasteiger partial charge in [-0.25, -0.2) is 0 Å². The molecule has 0 aliphatic carbocycles. The molecule has 0 bridgehead atoms. The van der Waals surface area contributed by atoms with Gasteiger partial charge in [-0.05, 0) is 19.8 Å². The van der Waals surface area contributed by atoms with Gasteiger partial charge in [0.05, 0.1) is 6.10 Å². The van der Waals surface area contributed by atoms with Gasteiger partial charge in [0.1, 0.15) is 0 Å². The number of rotatable bonds is 6. The van der Waals surface area contributed by atoms with E-state index in [4.69, 9.17) is 27.9 Å². The van der Waals surface area contributed by atoms with E-state index in [1.807, 2.05) is 6.92 Å². The third-order valence-electron chi connectivity index (χ3n) is 1.15. The Balaban J connectivity index is 2.89. The Hall–Kier alpha value is 0.540. The Bertz CT molecular complexity index is 68.6. The Morgan fingerprint density at radius 3 is 2.50 bits per heavy atom. The molecule has 0 aromatic carbocycles. The van der Waals surface area contributed by atoms with Crippen LogP contribution in [0.15, 0.2) is 0 Å². The van der Waals surface area contributed by atoms with E-state index >= 15 is 0 Å². The second-order valence-electron chi connectivity index (χ2n) is 2.23. The zero-order valence-corrected chi connectivity index (χ0v) is 7.79. The summed E-state index contributed by atoms with van der Waals surface area (Å²) < 4.78 is 5.30. The molecule has 0 N–H and O–H groups in total. The minimum Gasteiger partial charge on any atom is -0.377 e. The van der Waals surface area contributed by atoms with Crippen LogP contribution in [0.1, 0.15) is 19.8 Å². The zero-order chi connectivity index (χ0) is 7.82. The third kappa shape index (κ3) is 6.66. The monoisotopic (exact) mass is 184 g/mol. The molecule has 0 heterocycles. The van der Waals surface area contributed by atoms with Gasteiger partial charge < -0.3 is 4.74 Å². The quantitative estimate of drug-likeness (QED) is 0.456. The molecule has 0 fully saturated rings. The normalized spacial score (nSPS) is 13.5. The van der Waals surface area contributed by atoms with Gasteiger partial charge in [-0.3, -0.25) is 0 Å². The summed E-state index contributed by atoms with van der Waals surface area (Å²) in [5, 5.41) is 0. The first-order valence-electron chi connectivity index (χ1n) is 3.54. The van der Waals surface area contributed by atoms with Gasteiger partial charge in [-0.2, -0.15) is 0 Å². The molecule has 1 unspecified atom stereocenters. The molecule has 0 aliphatic rings. The highest BCUT2D eigenvalue weighted by Gasteiger charge is 1.97. The van der Waals surface area contributed by atoms with Crippen molar-refractivity contribution in [2.24, 2.45) is 0 Å². The number of ether oxygens (including phenoxy) is 1. The van der Waals surface area contributed by atoms with Crippen LogP contribution in [0.3, 0.4) is 0 Å². The predicted octanol–water partition coefficient (Wildman–Crippen LogP) is 2.65. The SMILES string of the molecule is CC(CCl)OCCCCCl. The molecular weight excluding hydrogens is 171 g/mol. The summed E-state index contributed by atoms with van der Waals surface area (Å²) >= 11 is 11.0. The van der Waals surface area contributed by atoms with Crippen molar-refractivity contribution in [2.45, 2.75) is 25.9 Å². The van der Waals surface area contributed by atoms with Crippen molar-refractivity contribution in [2.75, 3.05) is 18.4 Å². The minimum atomic E-state index is 0.178. The fraction of sp³-hybridized carbons (Fsp3) is 1.00. The van der Waals surface area contributed by atoms with E-state index in [2.05, 4.69) is 0 Å². The fourth-order valence-electron chi connectivity index (χ4n) is 0.526. The van der Waals surface area contributed by atoms with Crippen LogP contribution in [0.5, 0.6) is 0 Å². The smallest absolute Gasteiger partial charge is 0.0682 e. The maximum absolute atomic E-state index is 5.51. The van der Waals surface area contributed by atoms with Crippen molar-refractivity contribution in [3.63, 3.8) is 0 Å². The van der Waals surface area contributed by atoms with E-state index in [9.17, 15) is 0 Å². The third-order valence-corrected chi connectivity index (χ3v) is 1.85. The molecule has 0 aliphatic heterocycles. The van der Waals surface area contributed by atoms with Crippen LogP contribution in [-0.4, -0.2) is 24.5 Å². The second-order valence-corrected chi connectivity index (χ2v) is 2.92. The van der Waals surface area contributed by atoms with E-state index in [1.165, 1.54) is 0 Å². The highest BCUT2D eigenvalue weighted by atomic mass is 35.5. The lowest BCUT2D eigenvalue weighted by molar-refractivity contribution is 0.0790. The van der Waals surface area contributed by atoms with Crippen molar-refractivity contribution >= 4 is 23.2 Å². The first kappa shape index (κ1) is 10.5. The summed E-state index contributed by atoms with van der Waals surface area (Å²) in [6.45, 7) is 2.74.